The van der Waals surface area contributed by atoms with Gasteiger partial charge in [0.1, 0.15) is 5.82 Å². The molecular weight excluding hydrogens is 318 g/mol. The number of hydrogen-bond acceptors (Lipinski definition) is 4. The largest absolute Gasteiger partial charge is 0.342 e. The summed E-state index contributed by atoms with van der Waals surface area (Å²) in [6.07, 6.45) is 4.81. The molecule has 1 amide bonds. The van der Waals surface area contributed by atoms with E-state index in [0.29, 0.717) is 17.6 Å². The van der Waals surface area contributed by atoms with Gasteiger partial charge in [0.05, 0.1) is 17.5 Å². The first-order valence-corrected chi connectivity index (χ1v) is 8.35. The molecule has 1 atom stereocenters. The van der Waals surface area contributed by atoms with Crippen molar-refractivity contribution in [3.63, 3.8) is 0 Å². The summed E-state index contributed by atoms with van der Waals surface area (Å²) in [4.78, 5) is 30.8. The molecule has 3 heterocycles. The molecule has 0 radical (unpaired) electrons. The van der Waals surface area contributed by atoms with Gasteiger partial charge in [0, 0.05) is 43.8 Å². The Balaban J connectivity index is 1.53. The number of fused-ring (bicyclic) bond motifs is 1. The molecule has 0 bridgehead atoms. The van der Waals surface area contributed by atoms with Gasteiger partial charge in [-0.15, -0.1) is 0 Å². The first-order chi connectivity index (χ1) is 12.1. The molecule has 4 rings (SSSR count). The summed E-state index contributed by atoms with van der Waals surface area (Å²) in [7, 11) is 1.98. The highest BCUT2D eigenvalue weighted by molar-refractivity contribution is 5.88. The summed E-state index contributed by atoms with van der Waals surface area (Å²) in [6.45, 7) is 1.39. The number of hydrogen-bond donors (Lipinski definition) is 1. The number of benzene rings is 1. The lowest BCUT2D eigenvalue weighted by molar-refractivity contribution is -0.129. The molecule has 1 aliphatic heterocycles. The molecule has 7 heteroatoms. The van der Waals surface area contributed by atoms with Crippen LogP contribution < -0.4 is 5.56 Å². The van der Waals surface area contributed by atoms with Crippen molar-refractivity contribution in [3.8, 4) is 0 Å². The molecule has 1 N–H and O–H groups in total. The first-order valence-electron chi connectivity index (χ1n) is 8.35. The highest BCUT2D eigenvalue weighted by Gasteiger charge is 2.29. The van der Waals surface area contributed by atoms with Crippen LogP contribution in [0.15, 0.2) is 41.5 Å². The third-order valence-electron chi connectivity index (χ3n) is 4.86. The Kier molecular flexibility index (Phi) is 3.83. The number of aromatic nitrogens is 4. The Bertz CT molecular complexity index is 990. The van der Waals surface area contributed by atoms with E-state index in [1.54, 1.807) is 18.3 Å². The van der Waals surface area contributed by atoms with Crippen molar-refractivity contribution < 1.29 is 4.79 Å². The summed E-state index contributed by atoms with van der Waals surface area (Å²) in [6, 6.07) is 7.24. The first kappa shape index (κ1) is 15.6. The molecule has 1 fully saturated rings. The topological polar surface area (TPSA) is 83.9 Å². The quantitative estimate of drug-likeness (QED) is 0.779. The van der Waals surface area contributed by atoms with Crippen molar-refractivity contribution in [1.29, 1.82) is 0 Å². The third kappa shape index (κ3) is 2.82. The van der Waals surface area contributed by atoms with Gasteiger partial charge in [-0.05, 0) is 12.5 Å². The highest BCUT2D eigenvalue weighted by Crippen LogP contribution is 2.26. The zero-order valence-corrected chi connectivity index (χ0v) is 14.0. The predicted octanol–water partition coefficient (Wildman–Crippen LogP) is 1.22. The van der Waals surface area contributed by atoms with Gasteiger partial charge in [0.15, 0.2) is 0 Å². The minimum atomic E-state index is -0.234. The number of carbonyl (C=O) groups is 1. The van der Waals surface area contributed by atoms with E-state index in [0.717, 1.165) is 24.2 Å². The van der Waals surface area contributed by atoms with Gasteiger partial charge in [0.2, 0.25) is 5.91 Å². The van der Waals surface area contributed by atoms with Crippen molar-refractivity contribution in [2.45, 2.75) is 18.8 Å². The van der Waals surface area contributed by atoms with Crippen LogP contribution in [0.5, 0.6) is 0 Å². The summed E-state index contributed by atoms with van der Waals surface area (Å²) in [5, 5.41) is 7.89. The van der Waals surface area contributed by atoms with Crippen LogP contribution in [0.4, 0.5) is 0 Å². The standard InChI is InChI=1S/C18H19N5O2/c1-22-9-7-19-17(22)12-6-8-23(11-12)16(24)10-15-13-4-2-3-5-14(13)18(25)21-20-15/h2-5,7,9,12H,6,8,10-11H2,1H3,(H,21,25). The van der Waals surface area contributed by atoms with Gasteiger partial charge in [-0.3, -0.25) is 9.59 Å². The van der Waals surface area contributed by atoms with E-state index in [1.165, 1.54) is 0 Å². The van der Waals surface area contributed by atoms with Crippen LogP contribution in [0.25, 0.3) is 10.8 Å². The van der Waals surface area contributed by atoms with Crippen LogP contribution in [0.3, 0.4) is 0 Å². The number of amides is 1. The van der Waals surface area contributed by atoms with Crippen LogP contribution in [-0.4, -0.2) is 43.6 Å². The molecule has 1 unspecified atom stereocenters. The number of imidazole rings is 1. The second-order valence-electron chi connectivity index (χ2n) is 6.44. The molecule has 1 aliphatic rings. The zero-order valence-electron chi connectivity index (χ0n) is 14.0. The number of carbonyl (C=O) groups excluding carboxylic acids is 1. The molecule has 3 aromatic rings. The van der Waals surface area contributed by atoms with E-state index in [2.05, 4.69) is 15.2 Å². The number of nitrogens with one attached hydrogen (secondary N) is 1. The number of rotatable bonds is 3. The van der Waals surface area contributed by atoms with Crippen molar-refractivity contribution in [2.75, 3.05) is 13.1 Å². The van der Waals surface area contributed by atoms with Gasteiger partial charge in [-0.1, -0.05) is 18.2 Å². The van der Waals surface area contributed by atoms with Crippen LogP contribution >= 0.6 is 0 Å². The normalized spacial score (nSPS) is 17.3. The van der Waals surface area contributed by atoms with Crippen molar-refractivity contribution in [1.82, 2.24) is 24.6 Å². The van der Waals surface area contributed by atoms with E-state index in [4.69, 9.17) is 0 Å². The smallest absolute Gasteiger partial charge is 0.272 e. The number of aromatic amines is 1. The summed E-state index contributed by atoms with van der Waals surface area (Å²) in [5.74, 6) is 1.31. The predicted molar refractivity (Wildman–Crippen MR) is 93.2 cm³/mol. The molecule has 1 aromatic carbocycles. The van der Waals surface area contributed by atoms with Crippen LogP contribution in [0.2, 0.25) is 0 Å². The van der Waals surface area contributed by atoms with Gasteiger partial charge in [-0.25, -0.2) is 10.1 Å². The van der Waals surface area contributed by atoms with E-state index in [1.807, 2.05) is 34.8 Å². The average Bonchev–Trinajstić information content (AvgIpc) is 3.26. The van der Waals surface area contributed by atoms with Crippen LogP contribution in [0, 0.1) is 0 Å². The van der Waals surface area contributed by atoms with Crippen molar-refractivity contribution in [3.05, 3.63) is 58.5 Å². The number of H-pyrrole nitrogens is 1. The van der Waals surface area contributed by atoms with E-state index in [-0.39, 0.29) is 23.8 Å². The second kappa shape index (κ2) is 6.16. The highest BCUT2D eigenvalue weighted by atomic mass is 16.2. The van der Waals surface area contributed by atoms with Crippen LogP contribution in [0.1, 0.15) is 23.9 Å². The second-order valence-corrected chi connectivity index (χ2v) is 6.44. The van der Waals surface area contributed by atoms with Gasteiger partial charge >= 0.3 is 0 Å². The molecule has 25 heavy (non-hydrogen) atoms. The van der Waals surface area contributed by atoms with Crippen molar-refractivity contribution >= 4 is 16.7 Å². The fourth-order valence-electron chi connectivity index (χ4n) is 3.53. The molecule has 128 valence electrons. The summed E-state index contributed by atoms with van der Waals surface area (Å²) >= 11 is 0. The average molecular weight is 337 g/mol. The third-order valence-corrected chi connectivity index (χ3v) is 4.86. The zero-order chi connectivity index (χ0) is 17.4. The van der Waals surface area contributed by atoms with Crippen LogP contribution in [-0.2, 0) is 18.3 Å². The molecule has 7 nitrogen and oxygen atoms in total. The van der Waals surface area contributed by atoms with E-state index in [9.17, 15) is 9.59 Å². The summed E-state index contributed by atoms with van der Waals surface area (Å²) in [5.41, 5.74) is 0.378. The number of likely N-dealkylation sites (tertiary alicyclic amines) is 1. The Morgan fingerprint density at radius 2 is 2.12 bits per heavy atom. The summed E-state index contributed by atoms with van der Waals surface area (Å²) < 4.78 is 2.01. The van der Waals surface area contributed by atoms with E-state index < -0.39 is 0 Å². The lowest BCUT2D eigenvalue weighted by atomic mass is 10.1. The number of aryl methyl sites for hydroxylation is 1. The van der Waals surface area contributed by atoms with Crippen molar-refractivity contribution in [2.24, 2.45) is 7.05 Å². The molecule has 0 spiro atoms. The Hall–Kier alpha value is -2.96. The van der Waals surface area contributed by atoms with Gasteiger partial charge in [0.25, 0.3) is 5.56 Å². The molecule has 0 aliphatic carbocycles. The Morgan fingerprint density at radius 3 is 2.88 bits per heavy atom. The monoisotopic (exact) mass is 337 g/mol. The van der Waals surface area contributed by atoms with Gasteiger partial charge < -0.3 is 9.47 Å². The lowest BCUT2D eigenvalue weighted by Crippen LogP contribution is -2.30. The fraction of sp³-hybridized carbons (Fsp3) is 0.333. The SMILES string of the molecule is Cn1ccnc1C1CCN(C(=O)Cc2n[nH]c(=O)c3ccccc23)C1. The van der Waals surface area contributed by atoms with Gasteiger partial charge in [-0.2, -0.15) is 5.10 Å². The molecular formula is C18H19N5O2. The maximum Gasteiger partial charge on any atom is 0.272 e. The minimum absolute atomic E-state index is 0.0291. The molecule has 1 saturated heterocycles. The maximum absolute atomic E-state index is 12.7. The molecule has 0 saturated carbocycles. The minimum Gasteiger partial charge on any atom is -0.342 e. The number of nitrogens with zero attached hydrogens (tertiary/aromatic N) is 4. The van der Waals surface area contributed by atoms with E-state index >= 15 is 0 Å². The Labute approximate surface area is 144 Å². The maximum atomic E-state index is 12.7. The lowest BCUT2D eigenvalue weighted by Gasteiger charge is -2.16. The Morgan fingerprint density at radius 1 is 1.32 bits per heavy atom. The fourth-order valence-corrected chi connectivity index (χ4v) is 3.53. The molecule has 2 aromatic heterocycles.